The van der Waals surface area contributed by atoms with Crippen molar-refractivity contribution in [2.45, 2.75) is 63.0 Å². The molecule has 3 nitrogen and oxygen atoms in total. The Hall–Kier alpha value is -2.37. The minimum absolute atomic E-state index is 0.00418. The maximum Gasteiger partial charge on any atom is 0.416 e. The predicted molar refractivity (Wildman–Crippen MR) is 148 cm³/mol. The van der Waals surface area contributed by atoms with Gasteiger partial charge in [-0.25, -0.2) is 0 Å². The van der Waals surface area contributed by atoms with E-state index in [4.69, 9.17) is 5.73 Å². The number of hydrogen-bond donors (Lipinski definition) is 2. The van der Waals surface area contributed by atoms with Gasteiger partial charge in [-0.2, -0.15) is 26.3 Å². The van der Waals surface area contributed by atoms with Crippen molar-refractivity contribution in [3.05, 3.63) is 102 Å². The van der Waals surface area contributed by atoms with Gasteiger partial charge >= 0.3 is 12.4 Å². The van der Waals surface area contributed by atoms with Gasteiger partial charge in [0.15, 0.2) is 0 Å². The molecule has 3 aromatic carbocycles. The van der Waals surface area contributed by atoms with Crippen LogP contribution in [-0.4, -0.2) is 5.91 Å². The third-order valence-corrected chi connectivity index (χ3v) is 8.03. The molecule has 3 aromatic rings. The lowest BCUT2D eigenvalue weighted by Crippen LogP contribution is -2.31. The number of carbonyl (C=O) groups excluding carboxylic acids is 1. The van der Waals surface area contributed by atoms with Crippen LogP contribution >= 0.6 is 31.9 Å². The molecule has 214 valence electrons. The maximum absolute atomic E-state index is 13.0. The van der Waals surface area contributed by atoms with Gasteiger partial charge in [0.25, 0.3) is 5.91 Å². The molecule has 0 heterocycles. The van der Waals surface area contributed by atoms with Crippen LogP contribution in [0.4, 0.5) is 26.3 Å². The summed E-state index contributed by atoms with van der Waals surface area (Å²) in [6.07, 6.45) is -4.39. The monoisotopic (exact) mass is 690 g/mol. The van der Waals surface area contributed by atoms with Crippen molar-refractivity contribution in [3.63, 3.8) is 0 Å². The van der Waals surface area contributed by atoms with E-state index in [0.717, 1.165) is 39.3 Å². The molecule has 5 rings (SSSR count). The number of aryl methyl sites for hydroxylation is 2. The van der Waals surface area contributed by atoms with Crippen molar-refractivity contribution >= 4 is 37.8 Å². The molecule has 2 unspecified atom stereocenters. The first-order valence-electron chi connectivity index (χ1n) is 12.6. The highest BCUT2D eigenvalue weighted by molar-refractivity contribution is 9.10. The number of alkyl halides is 6. The molecule has 0 bridgehead atoms. The van der Waals surface area contributed by atoms with Gasteiger partial charge < -0.3 is 11.1 Å². The lowest BCUT2D eigenvalue weighted by Gasteiger charge is -2.27. The van der Waals surface area contributed by atoms with Crippen molar-refractivity contribution in [3.8, 4) is 0 Å². The standard InChI is InChI=1S/C19H14BrF6NO.C10H12BrN/c20-14-4-5-15-10(8-14)2-1-3-16(15)27-17(28)11-6-12(18(21,22)23)9-13(7-11)19(24,25)26;11-8-4-5-9-7(6-8)2-1-3-10(9)12/h4-9,16H,1-3H2,(H,27,28);4-6,10H,1-3,12H2. The first kappa shape index (κ1) is 30.6. The average molecular weight is 692 g/mol. The number of rotatable bonds is 2. The second-order valence-corrected chi connectivity index (χ2v) is 11.7. The fourth-order valence-electron chi connectivity index (χ4n) is 5.08. The highest BCUT2D eigenvalue weighted by atomic mass is 79.9. The lowest BCUT2D eigenvalue weighted by atomic mass is 9.87. The summed E-state index contributed by atoms with van der Waals surface area (Å²) in [4.78, 5) is 12.5. The second kappa shape index (κ2) is 12.2. The first-order valence-corrected chi connectivity index (χ1v) is 14.2. The fourth-order valence-corrected chi connectivity index (χ4v) is 5.90. The van der Waals surface area contributed by atoms with Crippen LogP contribution in [0.2, 0.25) is 0 Å². The summed E-state index contributed by atoms with van der Waals surface area (Å²) in [7, 11) is 0. The summed E-state index contributed by atoms with van der Waals surface area (Å²) in [5, 5.41) is 2.58. The van der Waals surface area contributed by atoms with E-state index < -0.39 is 41.0 Å². The smallest absolute Gasteiger partial charge is 0.345 e. The number of carbonyl (C=O) groups is 1. The number of amides is 1. The number of fused-ring (bicyclic) bond motifs is 2. The first-order chi connectivity index (χ1) is 18.7. The number of benzene rings is 3. The van der Waals surface area contributed by atoms with E-state index in [1.54, 1.807) is 12.1 Å². The van der Waals surface area contributed by atoms with Gasteiger partial charge in [0.1, 0.15) is 0 Å². The maximum atomic E-state index is 13.0. The highest BCUT2D eigenvalue weighted by Gasteiger charge is 2.37. The van der Waals surface area contributed by atoms with Crippen LogP contribution in [0.25, 0.3) is 0 Å². The SMILES string of the molecule is NC1CCCc2cc(Br)ccc21.O=C(NC1CCCc2cc(Br)ccc21)c1cc(C(F)(F)F)cc(C(F)(F)F)c1. The summed E-state index contributed by atoms with van der Waals surface area (Å²) in [5.74, 6) is -0.975. The van der Waals surface area contributed by atoms with Gasteiger partial charge in [0.05, 0.1) is 17.2 Å². The van der Waals surface area contributed by atoms with Gasteiger partial charge in [-0.3, -0.25) is 4.79 Å². The molecular formula is C29H26Br2F6N2O. The summed E-state index contributed by atoms with van der Waals surface area (Å²) in [6.45, 7) is 0. The number of nitrogens with two attached hydrogens (primary N) is 1. The van der Waals surface area contributed by atoms with E-state index in [1.165, 1.54) is 24.0 Å². The van der Waals surface area contributed by atoms with Crippen LogP contribution in [0.5, 0.6) is 0 Å². The summed E-state index contributed by atoms with van der Waals surface area (Å²) >= 11 is 6.82. The molecule has 2 atom stereocenters. The Morgan fingerprint density at radius 3 is 1.80 bits per heavy atom. The van der Waals surface area contributed by atoms with Gasteiger partial charge in [-0.05, 0) is 103 Å². The van der Waals surface area contributed by atoms with E-state index in [9.17, 15) is 31.1 Å². The van der Waals surface area contributed by atoms with Crippen LogP contribution in [-0.2, 0) is 25.2 Å². The quantitative estimate of drug-likeness (QED) is 0.264. The molecule has 0 fully saturated rings. The van der Waals surface area contributed by atoms with Crippen molar-refractivity contribution in [1.29, 1.82) is 0 Å². The summed E-state index contributed by atoms with van der Waals surface area (Å²) < 4.78 is 80.0. The number of hydrogen-bond acceptors (Lipinski definition) is 2. The third kappa shape index (κ3) is 7.47. The van der Waals surface area contributed by atoms with Crippen LogP contribution in [0.1, 0.15) is 81.5 Å². The van der Waals surface area contributed by atoms with Crippen LogP contribution in [0.15, 0.2) is 63.5 Å². The van der Waals surface area contributed by atoms with E-state index >= 15 is 0 Å². The fraction of sp³-hybridized carbons (Fsp3) is 0.345. The second-order valence-electron chi connectivity index (χ2n) is 9.90. The highest BCUT2D eigenvalue weighted by Crippen LogP contribution is 2.37. The van der Waals surface area contributed by atoms with E-state index in [2.05, 4.69) is 55.4 Å². The van der Waals surface area contributed by atoms with Gasteiger partial charge in [-0.1, -0.05) is 44.0 Å². The Bertz CT molecular complexity index is 1360. The van der Waals surface area contributed by atoms with E-state index in [-0.39, 0.29) is 12.1 Å². The third-order valence-electron chi connectivity index (χ3n) is 7.04. The summed E-state index contributed by atoms with van der Waals surface area (Å²) in [5.41, 5.74) is 6.83. The molecule has 0 aliphatic heterocycles. The van der Waals surface area contributed by atoms with Crippen molar-refractivity contribution in [2.24, 2.45) is 5.73 Å². The van der Waals surface area contributed by atoms with Crippen molar-refractivity contribution < 1.29 is 31.1 Å². The predicted octanol–water partition coefficient (Wildman–Crippen LogP) is 9.08. The molecule has 0 spiro atoms. The summed E-state index contributed by atoms with van der Waals surface area (Å²) in [6, 6.07) is 12.5. The molecule has 11 heteroatoms. The van der Waals surface area contributed by atoms with Gasteiger partial charge in [0.2, 0.25) is 0 Å². The Morgan fingerprint density at radius 2 is 1.25 bits per heavy atom. The van der Waals surface area contributed by atoms with E-state index in [1.807, 2.05) is 6.07 Å². The van der Waals surface area contributed by atoms with Crippen molar-refractivity contribution in [1.82, 2.24) is 5.32 Å². The lowest BCUT2D eigenvalue weighted by molar-refractivity contribution is -0.143. The zero-order valence-electron chi connectivity index (χ0n) is 21.1. The van der Waals surface area contributed by atoms with Gasteiger partial charge in [-0.15, -0.1) is 0 Å². The largest absolute Gasteiger partial charge is 0.416 e. The van der Waals surface area contributed by atoms with Crippen molar-refractivity contribution in [2.75, 3.05) is 0 Å². The minimum Gasteiger partial charge on any atom is -0.345 e. The van der Waals surface area contributed by atoms with E-state index in [0.29, 0.717) is 18.6 Å². The average Bonchev–Trinajstić information content (AvgIpc) is 2.88. The number of halogens is 8. The molecular weight excluding hydrogens is 666 g/mol. The molecule has 1 amide bonds. The zero-order chi connectivity index (χ0) is 29.2. The van der Waals surface area contributed by atoms with Crippen LogP contribution < -0.4 is 11.1 Å². The Balaban J connectivity index is 0.000000255. The molecule has 0 saturated heterocycles. The normalized spacial score (nSPS) is 18.6. The zero-order valence-corrected chi connectivity index (χ0v) is 24.3. The van der Waals surface area contributed by atoms with Gasteiger partial charge in [0, 0.05) is 20.6 Å². The molecule has 3 N–H and O–H groups in total. The molecule has 2 aliphatic rings. The Morgan fingerprint density at radius 1 is 0.750 bits per heavy atom. The Labute approximate surface area is 244 Å². The molecule has 0 radical (unpaired) electrons. The molecule has 2 aliphatic carbocycles. The molecule has 40 heavy (non-hydrogen) atoms. The van der Waals surface area contributed by atoms with Crippen LogP contribution in [0, 0.1) is 0 Å². The topological polar surface area (TPSA) is 55.1 Å². The molecule has 0 aromatic heterocycles. The van der Waals surface area contributed by atoms with Crippen LogP contribution in [0.3, 0.4) is 0 Å². The molecule has 0 saturated carbocycles. The Kier molecular flexibility index (Phi) is 9.36. The number of nitrogens with one attached hydrogen (secondary N) is 1. The minimum atomic E-state index is -5.00.